The normalized spacial score (nSPS) is 18.4. The van der Waals surface area contributed by atoms with E-state index in [1.165, 1.54) is 117 Å². The molecule has 3 nitrogen and oxygen atoms in total. The number of fused-ring (bicyclic) bond motifs is 8. The summed E-state index contributed by atoms with van der Waals surface area (Å²) in [5.41, 5.74) is 22.6. The van der Waals surface area contributed by atoms with Crippen molar-refractivity contribution < 1.29 is 0 Å². The van der Waals surface area contributed by atoms with Crippen LogP contribution in [0.5, 0.6) is 0 Å². The smallest absolute Gasteiger partial charge is 0.266 e. The predicted molar refractivity (Wildman–Crippen MR) is 310 cm³/mol. The maximum absolute atomic E-state index is 5.81. The first-order valence-electron chi connectivity index (χ1n) is 26.7. The molecule has 4 heterocycles. The lowest BCUT2D eigenvalue weighted by Crippen LogP contribution is -2.61. The molecule has 7 aromatic rings. The first kappa shape index (κ1) is 48.2. The Balaban J connectivity index is 1.28. The second-order valence-electron chi connectivity index (χ2n) is 27.9. The van der Waals surface area contributed by atoms with Crippen LogP contribution in [0.3, 0.4) is 0 Å². The number of thiophene rings is 1. The van der Waals surface area contributed by atoms with Gasteiger partial charge >= 0.3 is 0 Å². The third kappa shape index (κ3) is 7.59. The van der Waals surface area contributed by atoms with Crippen LogP contribution in [0.4, 0.5) is 34.3 Å². The second kappa shape index (κ2) is 15.5. The van der Waals surface area contributed by atoms with Gasteiger partial charge in [0.25, 0.3) is 6.71 Å². The molecule has 2 aromatic heterocycles. The van der Waals surface area contributed by atoms with Gasteiger partial charge in [0, 0.05) is 43.2 Å². The molecule has 0 spiro atoms. The zero-order chi connectivity index (χ0) is 50.9. The number of aryl methyl sites for hydroxylation is 1. The van der Waals surface area contributed by atoms with Crippen molar-refractivity contribution in [2.45, 2.75) is 188 Å². The van der Waals surface area contributed by atoms with Crippen molar-refractivity contribution in [3.05, 3.63) is 142 Å². The fourth-order valence-electron chi connectivity index (χ4n) is 12.8. The van der Waals surface area contributed by atoms with E-state index in [0.717, 1.165) is 24.4 Å². The average molecular weight is 956 g/mol. The molecule has 11 rings (SSSR count). The molecule has 0 N–H and O–H groups in total. The third-order valence-electron chi connectivity index (χ3n) is 17.7. The minimum absolute atomic E-state index is 0.00177. The molecular formula is C66H78BN3S. The van der Waals surface area contributed by atoms with E-state index >= 15 is 0 Å². The number of benzene rings is 5. The highest BCUT2D eigenvalue weighted by atomic mass is 32.1. The Morgan fingerprint density at radius 2 is 1.04 bits per heavy atom. The van der Waals surface area contributed by atoms with Gasteiger partial charge in [-0.15, -0.1) is 11.3 Å². The zero-order valence-corrected chi connectivity index (χ0v) is 47.2. The number of hydrogen-bond donors (Lipinski definition) is 0. The first-order chi connectivity index (χ1) is 33.0. The van der Waals surface area contributed by atoms with Crippen molar-refractivity contribution >= 4 is 78.1 Å². The van der Waals surface area contributed by atoms with Crippen LogP contribution in [0.25, 0.3) is 21.2 Å². The van der Waals surface area contributed by atoms with Crippen molar-refractivity contribution in [2.24, 2.45) is 0 Å². The van der Waals surface area contributed by atoms with E-state index in [1.807, 2.05) is 11.3 Å². The molecule has 366 valence electrons. The molecule has 2 aliphatic heterocycles. The van der Waals surface area contributed by atoms with Gasteiger partial charge in [-0.2, -0.15) is 0 Å². The summed E-state index contributed by atoms with van der Waals surface area (Å²) in [6, 6.07) is 39.3. The number of rotatable bonds is 3. The summed E-state index contributed by atoms with van der Waals surface area (Å²) in [5.74, 6) is 1.05. The van der Waals surface area contributed by atoms with E-state index in [4.69, 9.17) is 4.98 Å². The quantitative estimate of drug-likeness (QED) is 0.165. The molecule has 4 aliphatic rings. The molecule has 71 heavy (non-hydrogen) atoms. The topological polar surface area (TPSA) is 19.4 Å². The minimum atomic E-state index is -0.0391. The monoisotopic (exact) mass is 956 g/mol. The Labute approximate surface area is 431 Å². The van der Waals surface area contributed by atoms with E-state index in [-0.39, 0.29) is 44.6 Å². The van der Waals surface area contributed by atoms with Gasteiger partial charge in [0.1, 0.15) is 5.82 Å². The Morgan fingerprint density at radius 3 is 1.65 bits per heavy atom. The highest BCUT2D eigenvalue weighted by Gasteiger charge is 2.49. The van der Waals surface area contributed by atoms with Gasteiger partial charge in [-0.25, -0.2) is 4.98 Å². The Hall–Kier alpha value is -5.13. The van der Waals surface area contributed by atoms with Crippen LogP contribution in [-0.4, -0.2) is 11.7 Å². The molecule has 5 aromatic carbocycles. The molecule has 0 saturated carbocycles. The molecule has 0 saturated heterocycles. The van der Waals surface area contributed by atoms with Crippen LogP contribution in [0, 0.1) is 6.92 Å². The van der Waals surface area contributed by atoms with Crippen molar-refractivity contribution in [3.63, 3.8) is 0 Å². The van der Waals surface area contributed by atoms with E-state index in [2.05, 4.69) is 231 Å². The lowest BCUT2D eigenvalue weighted by atomic mass is 9.36. The Bertz CT molecular complexity index is 3340. The molecule has 0 atom stereocenters. The fourth-order valence-corrected chi connectivity index (χ4v) is 14.1. The maximum atomic E-state index is 5.81. The molecule has 0 radical (unpaired) electrons. The van der Waals surface area contributed by atoms with Gasteiger partial charge < -0.3 is 4.90 Å². The lowest BCUT2D eigenvalue weighted by Gasteiger charge is -2.47. The summed E-state index contributed by atoms with van der Waals surface area (Å²) < 4.78 is 2.76. The largest absolute Gasteiger partial charge is 0.310 e. The summed E-state index contributed by atoms with van der Waals surface area (Å²) >= 11 is 2.01. The molecule has 0 bridgehead atoms. The van der Waals surface area contributed by atoms with Gasteiger partial charge in [0.15, 0.2) is 0 Å². The van der Waals surface area contributed by atoms with Crippen molar-refractivity contribution in [2.75, 3.05) is 9.80 Å². The standard InChI is InChI=1S/C66H78BN3S/c1-39-33-54-56-59(68-39)70(52-27-23-42(61(5,6)7)34-45(52)40-19-21-41(22-20-40)60(2,3)4)53-38-50-49(65(15,16)31-32-66(50,17)18)37-51(53)67(56)58-57(46-35-43(62(8,9)10)24-28-55(46)71-58)69(54)44-25-26-47-48(36-44)64(13,14)30-29-63(47,11)12/h19-28,33-38H,29-32H2,1-18H3. The average Bonchev–Trinajstić information content (AvgIpc) is 3.66. The fraction of sp³-hybridized carbons (Fsp3) is 0.439. The molecule has 0 unspecified atom stereocenters. The second-order valence-corrected chi connectivity index (χ2v) is 29.0. The maximum Gasteiger partial charge on any atom is 0.266 e. The molecule has 5 heteroatoms. The van der Waals surface area contributed by atoms with Crippen molar-refractivity contribution in [1.82, 2.24) is 4.98 Å². The van der Waals surface area contributed by atoms with Gasteiger partial charge in [-0.1, -0.05) is 166 Å². The number of hydrogen-bond acceptors (Lipinski definition) is 4. The van der Waals surface area contributed by atoms with Crippen molar-refractivity contribution in [1.29, 1.82) is 0 Å². The van der Waals surface area contributed by atoms with Crippen molar-refractivity contribution in [3.8, 4) is 11.1 Å². The lowest BCUT2D eigenvalue weighted by molar-refractivity contribution is 0.332. The van der Waals surface area contributed by atoms with E-state index in [9.17, 15) is 0 Å². The Kier molecular flexibility index (Phi) is 10.5. The summed E-state index contributed by atoms with van der Waals surface area (Å²) in [6.45, 7) is 43.0. The van der Waals surface area contributed by atoms with Gasteiger partial charge in [-0.3, -0.25) is 4.90 Å². The van der Waals surface area contributed by atoms with Crippen LogP contribution >= 0.6 is 11.3 Å². The molecule has 0 fully saturated rings. The Morgan fingerprint density at radius 1 is 0.507 bits per heavy atom. The summed E-state index contributed by atoms with van der Waals surface area (Å²) in [6.07, 6.45) is 4.67. The van der Waals surface area contributed by atoms with Crippen LogP contribution < -0.4 is 25.5 Å². The van der Waals surface area contributed by atoms with E-state index in [1.54, 1.807) is 0 Å². The number of pyridine rings is 1. The van der Waals surface area contributed by atoms with Gasteiger partial charge in [0.2, 0.25) is 0 Å². The molecule has 2 aliphatic carbocycles. The minimum Gasteiger partial charge on any atom is -0.310 e. The summed E-state index contributed by atoms with van der Waals surface area (Å²) in [5, 5.41) is 1.35. The summed E-state index contributed by atoms with van der Waals surface area (Å²) in [4.78, 5) is 11.1. The highest BCUT2D eigenvalue weighted by Crippen LogP contribution is 2.54. The number of aromatic nitrogens is 1. The highest BCUT2D eigenvalue weighted by molar-refractivity contribution is 7.33. The molecule has 0 amide bonds. The molecular weight excluding hydrogens is 878 g/mol. The van der Waals surface area contributed by atoms with Crippen LogP contribution in [-0.2, 0) is 37.9 Å². The number of nitrogens with zero attached hydrogens (tertiary/aromatic N) is 3. The first-order valence-corrected chi connectivity index (χ1v) is 27.6. The summed E-state index contributed by atoms with van der Waals surface area (Å²) in [7, 11) is 0. The van der Waals surface area contributed by atoms with Crippen LogP contribution in [0.2, 0.25) is 0 Å². The van der Waals surface area contributed by atoms with Crippen LogP contribution in [0.1, 0.15) is 188 Å². The van der Waals surface area contributed by atoms with E-state index < -0.39 is 0 Å². The third-order valence-corrected chi connectivity index (χ3v) is 19.0. The predicted octanol–water partition coefficient (Wildman–Crippen LogP) is 16.9. The van der Waals surface area contributed by atoms with Gasteiger partial charge in [0.05, 0.1) is 11.4 Å². The van der Waals surface area contributed by atoms with Gasteiger partial charge in [-0.05, 0) is 174 Å². The zero-order valence-electron chi connectivity index (χ0n) is 46.4. The number of anilines is 6. The van der Waals surface area contributed by atoms with Crippen LogP contribution in [0.15, 0.2) is 97.1 Å². The SMILES string of the molecule is Cc1cc2c3c(n1)N(c1ccc(C(C)(C)C)cc1-c1ccc(C(C)(C)C)cc1)c1cc4c(cc1B3c1sc3ccc(C(C)(C)C)cc3c1N2c1ccc2c(c1)C(C)(C)CCC2(C)C)C(C)(C)CCC4(C)C. The van der Waals surface area contributed by atoms with E-state index in [0.29, 0.717) is 0 Å².